The Balaban J connectivity index is 2.12. The second-order valence-corrected chi connectivity index (χ2v) is 10.5. The highest BCUT2D eigenvalue weighted by atomic mass is 127. The average molecular weight is 586 g/mol. The lowest BCUT2D eigenvalue weighted by Gasteiger charge is -2.31. The van der Waals surface area contributed by atoms with Crippen molar-refractivity contribution in [3.8, 4) is 0 Å². The zero-order valence-electron chi connectivity index (χ0n) is 18.7. The minimum Gasteiger partial charge on any atom is -0.355 e. The van der Waals surface area contributed by atoms with Crippen LogP contribution in [-0.2, 0) is 0 Å². The molecule has 0 radical (unpaired) electrons. The Kier molecular flexibility index (Phi) is 9.63. The molecule has 0 saturated carbocycles. The number of carbonyl (C=O) groups is 1. The smallest absolute Gasteiger partial charge is 0.253 e. The summed E-state index contributed by atoms with van der Waals surface area (Å²) in [5, 5.41) is 6.62. The highest BCUT2D eigenvalue weighted by Gasteiger charge is 2.18. The molecule has 1 unspecified atom stereocenters. The number of nitrogens with one attached hydrogen (secondary N) is 2. The molecule has 0 aliphatic heterocycles. The van der Waals surface area contributed by atoms with E-state index in [-0.39, 0.29) is 11.9 Å². The van der Waals surface area contributed by atoms with Gasteiger partial charge in [0.25, 0.3) is 5.91 Å². The number of hydrogen-bond acceptors (Lipinski definition) is 3. The molecule has 0 aliphatic rings. The van der Waals surface area contributed by atoms with Crippen LogP contribution in [0.5, 0.6) is 0 Å². The average Bonchev–Trinajstić information content (AvgIpc) is 2.64. The van der Waals surface area contributed by atoms with Crippen LogP contribution in [0.4, 0.5) is 11.4 Å². The maximum absolute atomic E-state index is 13.1. The van der Waals surface area contributed by atoms with Gasteiger partial charge in [-0.25, -0.2) is 0 Å². The highest BCUT2D eigenvalue weighted by Crippen LogP contribution is 2.27. The number of rotatable bonds is 9. The Hall–Kier alpha value is -1.12. The molecule has 30 heavy (non-hydrogen) atoms. The van der Waals surface area contributed by atoms with Crippen molar-refractivity contribution in [3.05, 3.63) is 55.6 Å². The van der Waals surface area contributed by atoms with Crippen LogP contribution in [0.25, 0.3) is 0 Å². The SMILES string of the molecule is Cc1cc(I)ccc1Nc1ccc(Br)cc1C(=O)NC(C)CCN(C(C)C)C(C)C. The number of carbonyl (C=O) groups excluding carboxylic acids is 1. The Bertz CT molecular complexity index is 862. The van der Waals surface area contributed by atoms with Gasteiger partial charge in [-0.05, 0) is 113 Å². The summed E-state index contributed by atoms with van der Waals surface area (Å²) in [7, 11) is 0. The number of nitrogens with zero attached hydrogens (tertiary/aromatic N) is 1. The summed E-state index contributed by atoms with van der Waals surface area (Å²) >= 11 is 5.81. The van der Waals surface area contributed by atoms with Crippen LogP contribution in [-0.4, -0.2) is 35.5 Å². The quantitative estimate of drug-likeness (QED) is 0.321. The number of aryl methyl sites for hydroxylation is 1. The number of anilines is 2. The molecule has 0 saturated heterocycles. The van der Waals surface area contributed by atoms with E-state index in [0.29, 0.717) is 17.6 Å². The molecule has 4 nitrogen and oxygen atoms in total. The largest absolute Gasteiger partial charge is 0.355 e. The Morgan fingerprint density at radius 1 is 1.03 bits per heavy atom. The molecular formula is C24H33BrIN3O. The van der Waals surface area contributed by atoms with Gasteiger partial charge in [-0.3, -0.25) is 9.69 Å². The zero-order valence-corrected chi connectivity index (χ0v) is 22.5. The van der Waals surface area contributed by atoms with Crippen molar-refractivity contribution in [2.75, 3.05) is 11.9 Å². The van der Waals surface area contributed by atoms with Gasteiger partial charge in [0.2, 0.25) is 0 Å². The van der Waals surface area contributed by atoms with E-state index in [1.807, 2.05) is 18.2 Å². The van der Waals surface area contributed by atoms with Gasteiger partial charge in [0.15, 0.2) is 0 Å². The van der Waals surface area contributed by atoms with Gasteiger partial charge < -0.3 is 10.6 Å². The number of benzene rings is 2. The maximum atomic E-state index is 13.1. The first-order valence-corrected chi connectivity index (χ1v) is 12.3. The summed E-state index contributed by atoms with van der Waals surface area (Å²) in [6, 6.07) is 13.1. The normalized spacial score (nSPS) is 12.5. The Morgan fingerprint density at radius 2 is 1.67 bits per heavy atom. The number of halogens is 2. The zero-order chi connectivity index (χ0) is 22.4. The fourth-order valence-corrected chi connectivity index (χ4v) is 4.56. The van der Waals surface area contributed by atoms with Crippen LogP contribution in [0.1, 0.15) is 57.0 Å². The monoisotopic (exact) mass is 585 g/mol. The third-order valence-electron chi connectivity index (χ3n) is 5.21. The fraction of sp³-hybridized carbons (Fsp3) is 0.458. The molecule has 1 amide bonds. The predicted octanol–water partition coefficient (Wildman–Crippen LogP) is 6.73. The Morgan fingerprint density at radius 3 is 2.27 bits per heavy atom. The van der Waals surface area contributed by atoms with Crippen LogP contribution in [0.3, 0.4) is 0 Å². The molecule has 0 aromatic heterocycles. The Labute approximate surface area is 203 Å². The molecule has 0 spiro atoms. The van der Waals surface area contributed by atoms with Crippen LogP contribution in [0, 0.1) is 10.5 Å². The summed E-state index contributed by atoms with van der Waals surface area (Å²) in [5.74, 6) is -0.0601. The molecule has 2 aromatic carbocycles. The van der Waals surface area contributed by atoms with Crippen molar-refractivity contribution in [3.63, 3.8) is 0 Å². The summed E-state index contributed by atoms with van der Waals surface area (Å²) in [4.78, 5) is 15.5. The summed E-state index contributed by atoms with van der Waals surface area (Å²) in [6.45, 7) is 14.0. The summed E-state index contributed by atoms with van der Waals surface area (Å²) < 4.78 is 2.08. The van der Waals surface area contributed by atoms with Crippen LogP contribution in [0.15, 0.2) is 40.9 Å². The standard InChI is InChI=1S/C24H33BrIN3O/c1-15(2)29(16(3)4)12-11-18(6)27-24(30)21-14-19(25)7-9-23(21)28-22-10-8-20(26)13-17(22)5/h7-10,13-16,18,28H,11-12H2,1-6H3,(H,27,30). The first-order chi connectivity index (χ1) is 14.1. The van der Waals surface area contributed by atoms with Gasteiger partial charge in [0.05, 0.1) is 11.3 Å². The van der Waals surface area contributed by atoms with Gasteiger partial charge in [0.1, 0.15) is 0 Å². The van der Waals surface area contributed by atoms with Gasteiger partial charge in [-0.15, -0.1) is 0 Å². The van der Waals surface area contributed by atoms with Crippen molar-refractivity contribution >= 4 is 55.8 Å². The first kappa shape index (κ1) is 25.1. The molecule has 2 rings (SSSR count). The lowest BCUT2D eigenvalue weighted by molar-refractivity contribution is 0.0932. The lowest BCUT2D eigenvalue weighted by atomic mass is 10.1. The van der Waals surface area contributed by atoms with Gasteiger partial charge in [-0.1, -0.05) is 15.9 Å². The molecule has 2 aromatic rings. The molecule has 0 aliphatic carbocycles. The van der Waals surface area contributed by atoms with E-state index in [2.05, 4.69) is 114 Å². The second kappa shape index (κ2) is 11.5. The third kappa shape index (κ3) is 7.24. The molecule has 0 fully saturated rings. The van der Waals surface area contributed by atoms with Gasteiger partial charge in [0, 0.05) is 38.4 Å². The van der Waals surface area contributed by atoms with E-state index in [1.165, 1.54) is 3.57 Å². The van der Waals surface area contributed by atoms with Gasteiger partial charge in [-0.2, -0.15) is 0 Å². The molecule has 2 N–H and O–H groups in total. The van der Waals surface area contributed by atoms with Crippen LogP contribution in [0.2, 0.25) is 0 Å². The van der Waals surface area contributed by atoms with E-state index >= 15 is 0 Å². The van der Waals surface area contributed by atoms with Crippen molar-refractivity contribution in [1.29, 1.82) is 0 Å². The van der Waals surface area contributed by atoms with Crippen LogP contribution >= 0.6 is 38.5 Å². The van der Waals surface area contributed by atoms with Crippen LogP contribution < -0.4 is 10.6 Å². The maximum Gasteiger partial charge on any atom is 0.253 e. The van der Waals surface area contributed by atoms with E-state index in [1.54, 1.807) is 0 Å². The molecular weight excluding hydrogens is 553 g/mol. The molecule has 0 heterocycles. The molecule has 1 atom stereocenters. The minimum atomic E-state index is -0.0601. The van der Waals surface area contributed by atoms with Gasteiger partial charge >= 0.3 is 0 Å². The second-order valence-electron chi connectivity index (χ2n) is 8.36. The summed E-state index contributed by atoms with van der Waals surface area (Å²) in [6.07, 6.45) is 0.912. The summed E-state index contributed by atoms with van der Waals surface area (Å²) in [5.41, 5.74) is 3.59. The van der Waals surface area contributed by atoms with E-state index in [0.717, 1.165) is 34.4 Å². The number of amides is 1. The predicted molar refractivity (Wildman–Crippen MR) is 140 cm³/mol. The highest BCUT2D eigenvalue weighted by molar-refractivity contribution is 14.1. The fourth-order valence-electron chi connectivity index (χ4n) is 3.55. The van der Waals surface area contributed by atoms with E-state index in [4.69, 9.17) is 0 Å². The third-order valence-corrected chi connectivity index (χ3v) is 6.37. The minimum absolute atomic E-state index is 0.0601. The van der Waals surface area contributed by atoms with Crippen molar-refractivity contribution < 1.29 is 4.79 Å². The van der Waals surface area contributed by atoms with Crippen molar-refractivity contribution in [2.24, 2.45) is 0 Å². The topological polar surface area (TPSA) is 44.4 Å². The molecule has 0 bridgehead atoms. The molecule has 6 heteroatoms. The van der Waals surface area contributed by atoms with Crippen molar-refractivity contribution in [2.45, 2.75) is 66.1 Å². The molecule has 164 valence electrons. The first-order valence-electron chi connectivity index (χ1n) is 10.5. The lowest BCUT2D eigenvalue weighted by Crippen LogP contribution is -2.41. The number of hydrogen-bond donors (Lipinski definition) is 2. The van der Waals surface area contributed by atoms with Crippen molar-refractivity contribution in [1.82, 2.24) is 10.2 Å². The van der Waals surface area contributed by atoms with E-state index < -0.39 is 0 Å². The van der Waals surface area contributed by atoms with E-state index in [9.17, 15) is 4.79 Å².